The number of hydrogen-bond donors (Lipinski definition) is 0. The third kappa shape index (κ3) is 6.96. The van der Waals surface area contributed by atoms with E-state index in [1.54, 1.807) is 0 Å². The molecule has 4 heteroatoms. The van der Waals surface area contributed by atoms with E-state index in [9.17, 15) is 0 Å². The molecule has 1 unspecified atom stereocenters. The van der Waals surface area contributed by atoms with Crippen LogP contribution < -0.4 is 9.05 Å². The van der Waals surface area contributed by atoms with E-state index in [0.717, 1.165) is 22.6 Å². The van der Waals surface area contributed by atoms with Crippen molar-refractivity contribution in [1.82, 2.24) is 0 Å². The minimum Gasteiger partial charge on any atom is -0.417 e. The molecule has 0 saturated carbocycles. The van der Waals surface area contributed by atoms with Gasteiger partial charge in [-0.05, 0) is 60.6 Å². The quantitative estimate of drug-likeness (QED) is 0.392. The van der Waals surface area contributed by atoms with Crippen LogP contribution in [0.1, 0.15) is 103 Å². The molecule has 0 aromatic heterocycles. The van der Waals surface area contributed by atoms with Crippen LogP contribution >= 0.6 is 8.60 Å². The summed E-state index contributed by atoms with van der Waals surface area (Å²) in [5.74, 6) is 1.74. The van der Waals surface area contributed by atoms with Gasteiger partial charge in [0.15, 0.2) is 0 Å². The molecule has 0 aliphatic rings. The third-order valence-corrected chi connectivity index (χ3v) is 6.87. The maximum atomic E-state index is 6.59. The molecule has 0 fully saturated rings. The summed E-state index contributed by atoms with van der Waals surface area (Å²) in [4.78, 5) is 0. The van der Waals surface area contributed by atoms with E-state index in [-0.39, 0.29) is 16.2 Å². The molecule has 1 atom stereocenters. The van der Waals surface area contributed by atoms with Crippen molar-refractivity contribution in [3.05, 3.63) is 57.6 Å². The highest BCUT2D eigenvalue weighted by Crippen LogP contribution is 2.49. The van der Waals surface area contributed by atoms with Crippen LogP contribution in [0.3, 0.4) is 0 Å². The van der Waals surface area contributed by atoms with Gasteiger partial charge in [0.2, 0.25) is 0 Å². The van der Waals surface area contributed by atoms with Crippen molar-refractivity contribution in [3.63, 3.8) is 0 Å². The zero-order valence-corrected chi connectivity index (χ0v) is 24.1. The highest BCUT2D eigenvalue weighted by molar-refractivity contribution is 7.42. The highest BCUT2D eigenvalue weighted by atomic mass is 31.2. The summed E-state index contributed by atoms with van der Waals surface area (Å²) in [5.41, 5.74) is 7.03. The van der Waals surface area contributed by atoms with Crippen molar-refractivity contribution in [3.8, 4) is 11.5 Å². The predicted octanol–water partition coefficient (Wildman–Crippen LogP) is 9.23. The summed E-state index contributed by atoms with van der Waals surface area (Å²) < 4.78 is 19.2. The molecule has 0 N–H and O–H groups in total. The first-order valence-corrected chi connectivity index (χ1v) is 13.1. The van der Waals surface area contributed by atoms with Crippen LogP contribution in [0.25, 0.3) is 0 Å². The van der Waals surface area contributed by atoms with Crippen LogP contribution in [-0.4, -0.2) is 6.61 Å². The van der Waals surface area contributed by atoms with E-state index in [1.165, 1.54) is 22.3 Å². The van der Waals surface area contributed by atoms with Crippen LogP contribution in [0, 0.1) is 20.8 Å². The average Bonchev–Trinajstić information content (AvgIpc) is 2.62. The molecule has 2 aromatic rings. The minimum atomic E-state index is -1.62. The monoisotopic (exact) mass is 472 g/mol. The summed E-state index contributed by atoms with van der Waals surface area (Å²) >= 11 is 0. The first-order chi connectivity index (χ1) is 14.9. The molecule has 33 heavy (non-hydrogen) atoms. The van der Waals surface area contributed by atoms with Gasteiger partial charge in [0.05, 0.1) is 6.61 Å². The molecule has 0 heterocycles. The molecule has 0 amide bonds. The summed E-state index contributed by atoms with van der Waals surface area (Å²) in [5, 5.41) is 0. The Morgan fingerprint density at radius 3 is 1.52 bits per heavy atom. The van der Waals surface area contributed by atoms with Gasteiger partial charge in [0.1, 0.15) is 11.5 Å². The smallest absolute Gasteiger partial charge is 0.417 e. The number of aryl methyl sites for hydroxylation is 3. The van der Waals surface area contributed by atoms with E-state index in [2.05, 4.69) is 107 Å². The van der Waals surface area contributed by atoms with Crippen molar-refractivity contribution in [1.29, 1.82) is 0 Å². The Balaban J connectivity index is 2.57. The Bertz CT molecular complexity index is 972. The van der Waals surface area contributed by atoms with Gasteiger partial charge >= 0.3 is 8.60 Å². The van der Waals surface area contributed by atoms with Gasteiger partial charge in [-0.25, -0.2) is 0 Å². The molecule has 0 spiro atoms. The Morgan fingerprint density at radius 2 is 1.09 bits per heavy atom. The topological polar surface area (TPSA) is 27.7 Å². The first-order valence-electron chi connectivity index (χ1n) is 12.0. The van der Waals surface area contributed by atoms with Crippen molar-refractivity contribution in [2.24, 2.45) is 0 Å². The van der Waals surface area contributed by atoms with Gasteiger partial charge in [-0.3, -0.25) is 4.52 Å². The zero-order valence-electron chi connectivity index (χ0n) is 23.2. The lowest BCUT2D eigenvalue weighted by Crippen LogP contribution is -2.19. The average molecular weight is 473 g/mol. The van der Waals surface area contributed by atoms with E-state index in [0.29, 0.717) is 6.61 Å². The Hall–Kier alpha value is -1.57. The third-order valence-electron chi connectivity index (χ3n) is 5.74. The largest absolute Gasteiger partial charge is 0.463 e. The SMILES string of the molecule is CCOP(Oc1c(C)cc(C)cc1C(C)(C)C)Oc1c(C)cc(C(C)(C)C)cc1C(C)(C)C. The second-order valence-corrected chi connectivity index (χ2v) is 13.3. The molecule has 0 bridgehead atoms. The zero-order chi connectivity index (χ0) is 25.4. The normalized spacial score (nSPS) is 13.7. The van der Waals surface area contributed by atoms with Gasteiger partial charge in [0, 0.05) is 11.1 Å². The summed E-state index contributed by atoms with van der Waals surface area (Å²) in [7, 11) is -1.62. The minimum absolute atomic E-state index is 0.0554. The van der Waals surface area contributed by atoms with Crippen LogP contribution in [0.2, 0.25) is 0 Å². The summed E-state index contributed by atoms with van der Waals surface area (Å²) in [6, 6.07) is 8.90. The maximum absolute atomic E-state index is 6.59. The van der Waals surface area contributed by atoms with E-state index >= 15 is 0 Å². The van der Waals surface area contributed by atoms with Crippen molar-refractivity contribution in [2.45, 2.75) is 106 Å². The van der Waals surface area contributed by atoms with Crippen LogP contribution in [0.5, 0.6) is 11.5 Å². The van der Waals surface area contributed by atoms with Gasteiger partial charge in [-0.15, -0.1) is 0 Å². The van der Waals surface area contributed by atoms with Crippen LogP contribution in [-0.2, 0) is 20.8 Å². The van der Waals surface area contributed by atoms with E-state index in [1.807, 2.05) is 6.92 Å². The lowest BCUT2D eigenvalue weighted by atomic mass is 9.79. The first kappa shape index (κ1) is 27.7. The number of rotatable bonds is 6. The van der Waals surface area contributed by atoms with Crippen molar-refractivity contribution >= 4 is 8.60 Å². The van der Waals surface area contributed by atoms with Crippen molar-refractivity contribution in [2.75, 3.05) is 6.61 Å². The molecule has 0 aliphatic heterocycles. The molecule has 2 rings (SSSR count). The van der Waals surface area contributed by atoms with E-state index in [4.69, 9.17) is 13.6 Å². The highest BCUT2D eigenvalue weighted by Gasteiger charge is 2.30. The van der Waals surface area contributed by atoms with Crippen LogP contribution in [0.15, 0.2) is 24.3 Å². The molecule has 0 saturated heterocycles. The van der Waals surface area contributed by atoms with Crippen molar-refractivity contribution < 1.29 is 13.6 Å². The lowest BCUT2D eigenvalue weighted by Gasteiger charge is -2.30. The fraction of sp³-hybridized carbons (Fsp3) is 0.586. The number of hydrogen-bond acceptors (Lipinski definition) is 3. The predicted molar refractivity (Wildman–Crippen MR) is 143 cm³/mol. The molecular formula is C29H45O3P. The summed E-state index contributed by atoms with van der Waals surface area (Å²) in [6.07, 6.45) is 0. The molecule has 3 nitrogen and oxygen atoms in total. The second kappa shape index (κ2) is 9.96. The van der Waals surface area contributed by atoms with Gasteiger partial charge in [-0.2, -0.15) is 0 Å². The number of benzene rings is 2. The van der Waals surface area contributed by atoms with Gasteiger partial charge in [-0.1, -0.05) is 92.1 Å². The Morgan fingerprint density at radius 1 is 0.636 bits per heavy atom. The second-order valence-electron chi connectivity index (χ2n) is 12.2. The maximum Gasteiger partial charge on any atom is 0.463 e. The fourth-order valence-electron chi connectivity index (χ4n) is 3.84. The molecule has 2 aromatic carbocycles. The molecule has 0 aliphatic carbocycles. The Labute approximate surface area is 204 Å². The van der Waals surface area contributed by atoms with Crippen LogP contribution in [0.4, 0.5) is 0 Å². The molecule has 0 radical (unpaired) electrons. The lowest BCUT2D eigenvalue weighted by molar-refractivity contribution is 0.276. The summed E-state index contributed by atoms with van der Waals surface area (Å²) in [6.45, 7) is 28.9. The molecular weight excluding hydrogens is 427 g/mol. The fourth-order valence-corrected chi connectivity index (χ4v) is 4.98. The Kier molecular flexibility index (Phi) is 8.36. The van der Waals surface area contributed by atoms with Gasteiger partial charge in [0.25, 0.3) is 0 Å². The van der Waals surface area contributed by atoms with E-state index < -0.39 is 8.60 Å². The molecule has 184 valence electrons. The van der Waals surface area contributed by atoms with Gasteiger partial charge < -0.3 is 9.05 Å². The standard InChI is InChI=1S/C29H45O3P/c1-14-30-33(31-25-20(3)15-19(2)16-23(25)28(8,9)10)32-26-21(4)17-22(27(5,6)7)18-24(26)29(11,12)13/h15-18H,14H2,1-13H3.